The maximum absolute atomic E-state index is 13.2. The summed E-state index contributed by atoms with van der Waals surface area (Å²) in [6.07, 6.45) is 5.90. The molecule has 0 radical (unpaired) electrons. The molecule has 0 spiro atoms. The van der Waals surface area contributed by atoms with E-state index in [1.54, 1.807) is 23.8 Å². The van der Waals surface area contributed by atoms with Crippen LogP contribution in [0.4, 0.5) is 8.78 Å². The topological polar surface area (TPSA) is 89.3 Å². The highest BCUT2D eigenvalue weighted by Crippen LogP contribution is 2.32. The summed E-state index contributed by atoms with van der Waals surface area (Å²) in [4.78, 5) is 21.9. The van der Waals surface area contributed by atoms with Crippen molar-refractivity contribution in [3.05, 3.63) is 35.0 Å². The molecular formula is C25H36F2N4O3. The van der Waals surface area contributed by atoms with Gasteiger partial charge in [-0.2, -0.15) is 8.78 Å². The van der Waals surface area contributed by atoms with E-state index in [1.807, 2.05) is 20.8 Å². The quantitative estimate of drug-likeness (QED) is 0.550. The van der Waals surface area contributed by atoms with Gasteiger partial charge in [0.2, 0.25) is 0 Å². The lowest BCUT2D eigenvalue weighted by Gasteiger charge is -2.34. The number of aromatic nitrogens is 3. The van der Waals surface area contributed by atoms with Crippen molar-refractivity contribution in [3.8, 4) is 11.6 Å². The largest absolute Gasteiger partial charge is 0.431 e. The van der Waals surface area contributed by atoms with Crippen LogP contribution in [0.15, 0.2) is 12.3 Å². The summed E-state index contributed by atoms with van der Waals surface area (Å²) >= 11 is 0. The number of aliphatic hydroxyl groups is 1. The smallest absolute Gasteiger partial charge is 0.387 e. The lowest BCUT2D eigenvalue weighted by atomic mass is 9.79. The van der Waals surface area contributed by atoms with E-state index in [0.29, 0.717) is 49.0 Å². The van der Waals surface area contributed by atoms with E-state index in [4.69, 9.17) is 4.74 Å². The third-order valence-electron chi connectivity index (χ3n) is 6.45. The number of ether oxygens (including phenoxy) is 1. The molecule has 0 bridgehead atoms. The highest BCUT2D eigenvalue weighted by atomic mass is 19.3. The third-order valence-corrected chi connectivity index (χ3v) is 6.45. The van der Waals surface area contributed by atoms with Crippen LogP contribution in [0.25, 0.3) is 5.82 Å². The van der Waals surface area contributed by atoms with Crippen LogP contribution in [-0.2, 0) is 12.8 Å². The van der Waals surface area contributed by atoms with E-state index >= 15 is 0 Å². The molecule has 7 nitrogen and oxygen atoms in total. The van der Waals surface area contributed by atoms with E-state index in [2.05, 4.69) is 22.2 Å². The highest BCUT2D eigenvalue weighted by Gasteiger charge is 2.33. The minimum absolute atomic E-state index is 0.0547. The zero-order valence-electron chi connectivity index (χ0n) is 20.7. The summed E-state index contributed by atoms with van der Waals surface area (Å²) in [6, 6.07) is 1.58. The second-order valence-electron chi connectivity index (χ2n) is 9.88. The van der Waals surface area contributed by atoms with Gasteiger partial charge in [0.15, 0.2) is 11.6 Å². The van der Waals surface area contributed by atoms with Gasteiger partial charge in [0.05, 0.1) is 11.3 Å². The standard InChI is InChI=1S/C25H36F2N4O3/c1-6-20-30-21(23(32)29-14-25(33)9-7-16(4)8-10-25)17(5)31(20)22-19(34-24(26)27)12-18(13-28-22)11-15(2)3/h12-13,15-16,24,33H,6-11,14H2,1-5H3,(H,29,32). The number of imidazole rings is 1. The Morgan fingerprint density at radius 2 is 2.03 bits per heavy atom. The van der Waals surface area contributed by atoms with Gasteiger partial charge in [0.25, 0.3) is 5.91 Å². The molecule has 1 aliphatic rings. The SMILES string of the molecule is CCc1nc(C(=O)NCC2(O)CCC(C)CC2)c(C)n1-c1ncc(CC(C)C)cc1OC(F)F. The number of carbonyl (C=O) groups is 1. The molecule has 1 aliphatic carbocycles. The molecule has 0 aliphatic heterocycles. The monoisotopic (exact) mass is 478 g/mol. The molecule has 0 saturated heterocycles. The Hall–Kier alpha value is -2.55. The van der Waals surface area contributed by atoms with Gasteiger partial charge < -0.3 is 15.2 Å². The molecule has 2 N–H and O–H groups in total. The van der Waals surface area contributed by atoms with Crippen molar-refractivity contribution in [3.63, 3.8) is 0 Å². The van der Waals surface area contributed by atoms with E-state index in [0.717, 1.165) is 18.4 Å². The van der Waals surface area contributed by atoms with Crippen LogP contribution in [0.3, 0.4) is 0 Å². The zero-order chi connectivity index (χ0) is 25.0. The number of amides is 1. The Bertz CT molecular complexity index is 998. The van der Waals surface area contributed by atoms with Crippen LogP contribution in [0, 0.1) is 18.8 Å². The van der Waals surface area contributed by atoms with Crippen molar-refractivity contribution >= 4 is 5.91 Å². The predicted octanol–water partition coefficient (Wildman–Crippen LogP) is 4.61. The Kier molecular flexibility index (Phi) is 8.28. The van der Waals surface area contributed by atoms with Crippen LogP contribution in [0.5, 0.6) is 5.75 Å². The Morgan fingerprint density at radius 3 is 2.62 bits per heavy atom. The van der Waals surface area contributed by atoms with Crippen LogP contribution in [-0.4, -0.2) is 44.3 Å². The number of rotatable bonds is 9. The summed E-state index contributed by atoms with van der Waals surface area (Å²) in [5, 5.41) is 13.6. The number of halogens is 2. The number of aryl methyl sites for hydroxylation is 1. The summed E-state index contributed by atoms with van der Waals surface area (Å²) < 4.78 is 32.8. The van der Waals surface area contributed by atoms with Gasteiger partial charge >= 0.3 is 6.61 Å². The lowest BCUT2D eigenvalue weighted by Crippen LogP contribution is -2.45. The summed E-state index contributed by atoms with van der Waals surface area (Å²) in [5.41, 5.74) is 0.527. The molecule has 0 unspecified atom stereocenters. The van der Waals surface area contributed by atoms with Crippen molar-refractivity contribution in [1.82, 2.24) is 19.9 Å². The molecule has 1 amide bonds. The molecule has 2 aromatic rings. The normalized spacial score (nSPS) is 20.7. The number of pyridine rings is 1. The van der Waals surface area contributed by atoms with Gasteiger partial charge in [0.1, 0.15) is 11.5 Å². The average molecular weight is 479 g/mol. The van der Waals surface area contributed by atoms with Crippen LogP contribution < -0.4 is 10.1 Å². The van der Waals surface area contributed by atoms with Crippen LogP contribution in [0.2, 0.25) is 0 Å². The molecular weight excluding hydrogens is 442 g/mol. The average Bonchev–Trinajstić information content (AvgIpc) is 3.10. The second-order valence-corrected chi connectivity index (χ2v) is 9.88. The molecule has 0 atom stereocenters. The van der Waals surface area contributed by atoms with Gasteiger partial charge in [-0.15, -0.1) is 0 Å². The number of hydrogen-bond donors (Lipinski definition) is 2. The molecule has 2 heterocycles. The third kappa shape index (κ3) is 6.11. The molecule has 1 fully saturated rings. The first-order chi connectivity index (χ1) is 16.0. The van der Waals surface area contributed by atoms with E-state index in [1.165, 1.54) is 0 Å². The first-order valence-electron chi connectivity index (χ1n) is 12.1. The molecule has 2 aromatic heterocycles. The van der Waals surface area contributed by atoms with Crippen molar-refractivity contribution in [2.45, 2.75) is 85.4 Å². The van der Waals surface area contributed by atoms with Gasteiger partial charge in [-0.3, -0.25) is 9.36 Å². The van der Waals surface area contributed by atoms with Crippen molar-refractivity contribution < 1.29 is 23.4 Å². The number of carbonyl (C=O) groups excluding carboxylic acids is 1. The lowest BCUT2D eigenvalue weighted by molar-refractivity contribution is -0.0501. The fourth-order valence-corrected chi connectivity index (χ4v) is 4.51. The highest BCUT2D eigenvalue weighted by molar-refractivity contribution is 5.93. The van der Waals surface area contributed by atoms with Crippen molar-refractivity contribution in [2.24, 2.45) is 11.8 Å². The number of nitrogens with one attached hydrogen (secondary N) is 1. The van der Waals surface area contributed by atoms with E-state index < -0.39 is 18.1 Å². The molecule has 3 rings (SSSR count). The summed E-state index contributed by atoms with van der Waals surface area (Å²) in [6.45, 7) is 6.94. The second kappa shape index (κ2) is 10.8. The fraction of sp³-hybridized carbons (Fsp3) is 0.640. The Morgan fingerprint density at radius 1 is 1.35 bits per heavy atom. The minimum atomic E-state index is -3.01. The van der Waals surface area contributed by atoms with Gasteiger partial charge in [-0.05, 0) is 62.5 Å². The first kappa shape index (κ1) is 26.1. The van der Waals surface area contributed by atoms with Crippen molar-refractivity contribution in [2.75, 3.05) is 6.54 Å². The van der Waals surface area contributed by atoms with Gasteiger partial charge in [0, 0.05) is 19.2 Å². The first-order valence-corrected chi connectivity index (χ1v) is 12.1. The van der Waals surface area contributed by atoms with E-state index in [9.17, 15) is 18.7 Å². The number of alkyl halides is 2. The Balaban J connectivity index is 1.90. The maximum atomic E-state index is 13.2. The summed E-state index contributed by atoms with van der Waals surface area (Å²) in [5.74, 6) is 1.12. The van der Waals surface area contributed by atoms with Gasteiger partial charge in [-0.1, -0.05) is 27.7 Å². The maximum Gasteiger partial charge on any atom is 0.387 e. The molecule has 1 saturated carbocycles. The zero-order valence-corrected chi connectivity index (χ0v) is 20.7. The molecule has 0 aromatic carbocycles. The fourth-order valence-electron chi connectivity index (χ4n) is 4.51. The Labute approximate surface area is 199 Å². The molecule has 188 valence electrons. The van der Waals surface area contributed by atoms with Crippen molar-refractivity contribution in [1.29, 1.82) is 0 Å². The molecule has 9 heteroatoms. The predicted molar refractivity (Wildman–Crippen MR) is 126 cm³/mol. The number of hydrogen-bond acceptors (Lipinski definition) is 5. The number of nitrogens with zero attached hydrogens (tertiary/aromatic N) is 3. The van der Waals surface area contributed by atoms with Gasteiger partial charge in [-0.25, -0.2) is 9.97 Å². The molecule has 34 heavy (non-hydrogen) atoms. The summed E-state index contributed by atoms with van der Waals surface area (Å²) in [7, 11) is 0. The van der Waals surface area contributed by atoms with E-state index in [-0.39, 0.29) is 23.8 Å². The van der Waals surface area contributed by atoms with Crippen LogP contribution in [0.1, 0.15) is 80.9 Å². The minimum Gasteiger partial charge on any atom is -0.431 e. The van der Waals surface area contributed by atoms with Crippen LogP contribution >= 0.6 is 0 Å².